The summed E-state index contributed by atoms with van der Waals surface area (Å²) in [6, 6.07) is 10.8. The minimum atomic E-state index is -1.49. The van der Waals surface area contributed by atoms with Gasteiger partial charge in [0, 0.05) is 0 Å². The van der Waals surface area contributed by atoms with Gasteiger partial charge in [0.1, 0.15) is 17.3 Å². The molecule has 0 aliphatic rings. The van der Waals surface area contributed by atoms with Gasteiger partial charge in [-0.25, -0.2) is 4.39 Å². The molecule has 2 N–H and O–H groups in total. The number of halogens is 1. The maximum atomic E-state index is 13.1. The molecule has 0 spiro atoms. The molecule has 0 fully saturated rings. The first kappa shape index (κ1) is 12.6. The third-order valence-electron chi connectivity index (χ3n) is 2.54. The van der Waals surface area contributed by atoms with Crippen molar-refractivity contribution >= 4 is 12.6 Å². The SMILES string of the molecule is Cc1cc(Oc2ccc(B(O)O)cc2)ccc1F. The molecule has 0 aromatic heterocycles. The molecule has 0 saturated heterocycles. The van der Waals surface area contributed by atoms with Crippen molar-refractivity contribution in [1.82, 2.24) is 0 Å². The molecule has 0 atom stereocenters. The molecule has 3 nitrogen and oxygen atoms in total. The third kappa shape index (κ3) is 2.88. The zero-order valence-electron chi connectivity index (χ0n) is 9.80. The van der Waals surface area contributed by atoms with Gasteiger partial charge in [0.25, 0.3) is 0 Å². The van der Waals surface area contributed by atoms with Crippen molar-refractivity contribution in [3.8, 4) is 11.5 Å². The second-order valence-corrected chi connectivity index (χ2v) is 3.96. The van der Waals surface area contributed by atoms with Crippen LogP contribution in [0, 0.1) is 12.7 Å². The quantitative estimate of drug-likeness (QED) is 0.809. The number of benzene rings is 2. The van der Waals surface area contributed by atoms with E-state index in [0.29, 0.717) is 22.5 Å². The normalized spacial score (nSPS) is 10.2. The fourth-order valence-electron chi connectivity index (χ4n) is 1.52. The molecule has 18 heavy (non-hydrogen) atoms. The highest BCUT2D eigenvalue weighted by atomic mass is 19.1. The van der Waals surface area contributed by atoms with Crippen LogP contribution in [0.4, 0.5) is 4.39 Å². The predicted molar refractivity (Wildman–Crippen MR) is 67.5 cm³/mol. The molecule has 0 aliphatic heterocycles. The fourth-order valence-corrected chi connectivity index (χ4v) is 1.52. The number of hydrogen-bond acceptors (Lipinski definition) is 3. The molecule has 2 rings (SSSR count). The fraction of sp³-hybridized carbons (Fsp3) is 0.0769. The van der Waals surface area contributed by atoms with E-state index in [-0.39, 0.29) is 5.82 Å². The lowest BCUT2D eigenvalue weighted by Gasteiger charge is -2.07. The lowest BCUT2D eigenvalue weighted by atomic mass is 9.80. The summed E-state index contributed by atoms with van der Waals surface area (Å²) in [7, 11) is -1.49. The summed E-state index contributed by atoms with van der Waals surface area (Å²) in [5.74, 6) is 0.803. The molecule has 0 radical (unpaired) electrons. The van der Waals surface area contributed by atoms with Crippen molar-refractivity contribution in [2.75, 3.05) is 0 Å². The Balaban J connectivity index is 2.15. The molecule has 0 heterocycles. The van der Waals surface area contributed by atoms with Crippen LogP contribution < -0.4 is 10.2 Å². The molecule has 92 valence electrons. The monoisotopic (exact) mass is 246 g/mol. The van der Waals surface area contributed by atoms with Gasteiger partial charge in [0.2, 0.25) is 0 Å². The van der Waals surface area contributed by atoms with Crippen LogP contribution in [0.2, 0.25) is 0 Å². The summed E-state index contributed by atoms with van der Waals surface area (Å²) in [5, 5.41) is 17.9. The Labute approximate surface area is 105 Å². The van der Waals surface area contributed by atoms with E-state index in [1.54, 1.807) is 37.3 Å². The topological polar surface area (TPSA) is 49.7 Å². The van der Waals surface area contributed by atoms with Crippen LogP contribution in [0.3, 0.4) is 0 Å². The highest BCUT2D eigenvalue weighted by Gasteiger charge is 2.10. The summed E-state index contributed by atoms with van der Waals surface area (Å²) in [6.07, 6.45) is 0. The first-order valence-electron chi connectivity index (χ1n) is 5.46. The van der Waals surface area contributed by atoms with E-state index in [1.807, 2.05) is 0 Å². The Morgan fingerprint density at radius 3 is 2.17 bits per heavy atom. The molecule has 0 saturated carbocycles. The first-order valence-corrected chi connectivity index (χ1v) is 5.46. The van der Waals surface area contributed by atoms with E-state index in [4.69, 9.17) is 14.8 Å². The highest BCUT2D eigenvalue weighted by Crippen LogP contribution is 2.22. The van der Waals surface area contributed by atoms with Gasteiger partial charge in [-0.2, -0.15) is 0 Å². The summed E-state index contributed by atoms with van der Waals surface area (Å²) < 4.78 is 18.6. The van der Waals surface area contributed by atoms with Crippen molar-refractivity contribution in [3.63, 3.8) is 0 Å². The smallest absolute Gasteiger partial charge is 0.457 e. The van der Waals surface area contributed by atoms with Gasteiger partial charge < -0.3 is 14.8 Å². The van der Waals surface area contributed by atoms with Gasteiger partial charge in [-0.15, -0.1) is 0 Å². The van der Waals surface area contributed by atoms with E-state index in [0.717, 1.165) is 0 Å². The summed E-state index contributed by atoms with van der Waals surface area (Å²) in [6.45, 7) is 1.66. The largest absolute Gasteiger partial charge is 0.488 e. The highest BCUT2D eigenvalue weighted by molar-refractivity contribution is 6.58. The van der Waals surface area contributed by atoms with E-state index < -0.39 is 7.12 Å². The molecule has 2 aromatic rings. The number of rotatable bonds is 3. The Morgan fingerprint density at radius 1 is 1.00 bits per heavy atom. The van der Waals surface area contributed by atoms with Gasteiger partial charge in [-0.3, -0.25) is 0 Å². The average molecular weight is 246 g/mol. The van der Waals surface area contributed by atoms with Crippen molar-refractivity contribution in [3.05, 3.63) is 53.8 Å². The Kier molecular flexibility index (Phi) is 3.65. The van der Waals surface area contributed by atoms with Gasteiger partial charge >= 0.3 is 7.12 Å². The van der Waals surface area contributed by atoms with Gasteiger partial charge in [0.05, 0.1) is 0 Å². The number of ether oxygens (including phenoxy) is 1. The van der Waals surface area contributed by atoms with Crippen LogP contribution in [0.1, 0.15) is 5.56 Å². The van der Waals surface area contributed by atoms with Crippen LogP contribution in [0.5, 0.6) is 11.5 Å². The third-order valence-corrected chi connectivity index (χ3v) is 2.54. The minimum Gasteiger partial charge on any atom is -0.457 e. The Bertz CT molecular complexity index is 540. The summed E-state index contributed by atoms with van der Waals surface area (Å²) >= 11 is 0. The van der Waals surface area contributed by atoms with Crippen molar-refractivity contribution in [2.45, 2.75) is 6.92 Å². The predicted octanol–water partition coefficient (Wildman–Crippen LogP) is 1.61. The van der Waals surface area contributed by atoms with Crippen LogP contribution in [0.15, 0.2) is 42.5 Å². The second-order valence-electron chi connectivity index (χ2n) is 3.96. The van der Waals surface area contributed by atoms with Crippen molar-refractivity contribution in [2.24, 2.45) is 0 Å². The minimum absolute atomic E-state index is 0.277. The average Bonchev–Trinajstić information content (AvgIpc) is 2.34. The number of aryl methyl sites for hydroxylation is 1. The van der Waals surface area contributed by atoms with E-state index in [9.17, 15) is 4.39 Å². The lowest BCUT2D eigenvalue weighted by Crippen LogP contribution is -2.29. The van der Waals surface area contributed by atoms with Gasteiger partial charge in [-0.05, 0) is 48.3 Å². The summed E-state index contributed by atoms with van der Waals surface area (Å²) in [4.78, 5) is 0. The zero-order valence-corrected chi connectivity index (χ0v) is 9.80. The maximum Gasteiger partial charge on any atom is 0.488 e. The number of hydrogen-bond donors (Lipinski definition) is 2. The Morgan fingerprint density at radius 2 is 1.61 bits per heavy atom. The van der Waals surface area contributed by atoms with Crippen LogP contribution in [0.25, 0.3) is 0 Å². The molecule has 0 unspecified atom stereocenters. The van der Waals surface area contributed by atoms with Crippen LogP contribution >= 0.6 is 0 Å². The van der Waals surface area contributed by atoms with E-state index in [1.165, 1.54) is 12.1 Å². The van der Waals surface area contributed by atoms with Crippen LogP contribution in [-0.2, 0) is 0 Å². The molecule has 2 aromatic carbocycles. The van der Waals surface area contributed by atoms with Crippen LogP contribution in [-0.4, -0.2) is 17.2 Å². The maximum absolute atomic E-state index is 13.1. The molecule has 0 aliphatic carbocycles. The molecular formula is C13H12BFO3. The van der Waals surface area contributed by atoms with E-state index >= 15 is 0 Å². The first-order chi connectivity index (χ1) is 8.56. The van der Waals surface area contributed by atoms with Gasteiger partial charge in [-0.1, -0.05) is 12.1 Å². The standard InChI is InChI=1S/C13H12BFO3/c1-9-8-12(6-7-13(9)15)18-11-4-2-10(3-5-11)14(16)17/h2-8,16-17H,1H3. The molecule has 5 heteroatoms. The summed E-state index contributed by atoms with van der Waals surface area (Å²) in [5.41, 5.74) is 0.896. The second kappa shape index (κ2) is 5.20. The van der Waals surface area contributed by atoms with Crippen molar-refractivity contribution < 1.29 is 19.2 Å². The molecule has 0 amide bonds. The van der Waals surface area contributed by atoms with Gasteiger partial charge in [0.15, 0.2) is 0 Å². The molecule has 0 bridgehead atoms. The van der Waals surface area contributed by atoms with Crippen molar-refractivity contribution in [1.29, 1.82) is 0 Å². The van der Waals surface area contributed by atoms with E-state index in [2.05, 4.69) is 0 Å². The zero-order chi connectivity index (χ0) is 13.1. The Hall–Kier alpha value is -1.85. The lowest BCUT2D eigenvalue weighted by molar-refractivity contribution is 0.425. The molecular weight excluding hydrogens is 234 g/mol.